The SMILES string of the molecule is CC(N)Cn1c(Cl)nc2c(O)cccc2c1=O. The summed E-state index contributed by atoms with van der Waals surface area (Å²) in [6.45, 7) is 2.06. The molecule has 2 aromatic rings. The molecule has 0 spiro atoms. The number of aromatic nitrogens is 2. The van der Waals surface area contributed by atoms with Gasteiger partial charge in [-0.25, -0.2) is 4.98 Å². The van der Waals surface area contributed by atoms with Gasteiger partial charge in [-0.3, -0.25) is 9.36 Å². The first-order chi connectivity index (χ1) is 8.00. The van der Waals surface area contributed by atoms with Gasteiger partial charge in [0.25, 0.3) is 5.56 Å². The van der Waals surface area contributed by atoms with Gasteiger partial charge in [-0.05, 0) is 30.7 Å². The van der Waals surface area contributed by atoms with Crippen LogP contribution in [0.25, 0.3) is 10.9 Å². The van der Waals surface area contributed by atoms with Gasteiger partial charge in [0.05, 0.1) is 5.39 Å². The van der Waals surface area contributed by atoms with Gasteiger partial charge in [-0.15, -0.1) is 0 Å². The average molecular weight is 254 g/mol. The van der Waals surface area contributed by atoms with E-state index in [9.17, 15) is 9.90 Å². The van der Waals surface area contributed by atoms with E-state index in [4.69, 9.17) is 17.3 Å². The Labute approximate surface area is 102 Å². The van der Waals surface area contributed by atoms with Crippen molar-refractivity contribution in [2.45, 2.75) is 19.5 Å². The number of hydrogen-bond acceptors (Lipinski definition) is 4. The zero-order valence-corrected chi connectivity index (χ0v) is 9.98. The highest BCUT2D eigenvalue weighted by atomic mass is 35.5. The molecule has 90 valence electrons. The number of para-hydroxylation sites is 1. The maximum atomic E-state index is 12.1. The molecule has 0 amide bonds. The second-order valence-corrected chi connectivity index (χ2v) is 4.29. The van der Waals surface area contributed by atoms with Crippen molar-refractivity contribution in [2.75, 3.05) is 0 Å². The maximum absolute atomic E-state index is 12.1. The fourth-order valence-electron chi connectivity index (χ4n) is 1.65. The molecule has 0 aliphatic heterocycles. The van der Waals surface area contributed by atoms with Crippen LogP contribution >= 0.6 is 11.6 Å². The van der Waals surface area contributed by atoms with Crippen molar-refractivity contribution in [3.05, 3.63) is 33.8 Å². The molecule has 0 aliphatic rings. The number of nitrogens with two attached hydrogens (primary N) is 1. The summed E-state index contributed by atoms with van der Waals surface area (Å²) in [6, 6.07) is 4.44. The maximum Gasteiger partial charge on any atom is 0.262 e. The molecule has 1 aromatic heterocycles. The van der Waals surface area contributed by atoms with E-state index < -0.39 is 0 Å². The number of halogens is 1. The first kappa shape index (κ1) is 11.9. The van der Waals surface area contributed by atoms with Crippen molar-refractivity contribution in [2.24, 2.45) is 5.73 Å². The zero-order chi connectivity index (χ0) is 12.6. The number of fused-ring (bicyclic) bond motifs is 1. The standard InChI is InChI=1S/C11H12ClN3O2/c1-6(13)5-15-10(17)7-3-2-4-8(16)9(7)14-11(15)12/h2-4,6,16H,5,13H2,1H3. The molecule has 0 saturated heterocycles. The number of phenolic OH excluding ortho intramolecular Hbond substituents is 1. The molecule has 0 aliphatic carbocycles. The molecule has 6 heteroatoms. The van der Waals surface area contributed by atoms with Gasteiger partial charge < -0.3 is 10.8 Å². The van der Waals surface area contributed by atoms with E-state index >= 15 is 0 Å². The van der Waals surface area contributed by atoms with Crippen LogP contribution in [0.4, 0.5) is 0 Å². The van der Waals surface area contributed by atoms with Crippen LogP contribution in [-0.4, -0.2) is 20.7 Å². The Morgan fingerprint density at radius 2 is 2.29 bits per heavy atom. The molecule has 2 rings (SSSR count). The lowest BCUT2D eigenvalue weighted by Gasteiger charge is -2.11. The molecule has 3 N–H and O–H groups in total. The Morgan fingerprint density at radius 1 is 1.59 bits per heavy atom. The van der Waals surface area contributed by atoms with Gasteiger partial charge in [-0.1, -0.05) is 6.07 Å². The Kier molecular flexibility index (Phi) is 3.04. The minimum atomic E-state index is -0.298. The van der Waals surface area contributed by atoms with E-state index in [1.807, 2.05) is 0 Å². The largest absolute Gasteiger partial charge is 0.506 e. The van der Waals surface area contributed by atoms with Crippen molar-refractivity contribution >= 4 is 22.5 Å². The molecule has 5 nitrogen and oxygen atoms in total. The lowest BCUT2D eigenvalue weighted by Crippen LogP contribution is -2.31. The quantitative estimate of drug-likeness (QED) is 0.786. The lowest BCUT2D eigenvalue weighted by atomic mass is 10.2. The summed E-state index contributed by atoms with van der Waals surface area (Å²) in [5.74, 6) is -0.0607. The number of nitrogens with zero attached hydrogens (tertiary/aromatic N) is 2. The monoisotopic (exact) mass is 253 g/mol. The molecule has 0 saturated carbocycles. The number of benzene rings is 1. The van der Waals surface area contributed by atoms with E-state index in [0.717, 1.165) is 0 Å². The number of phenols is 1. The van der Waals surface area contributed by atoms with Crippen LogP contribution in [0.1, 0.15) is 6.92 Å². The first-order valence-corrected chi connectivity index (χ1v) is 5.52. The Hall–Kier alpha value is -1.59. The third kappa shape index (κ3) is 2.11. The summed E-state index contributed by atoms with van der Waals surface area (Å²) in [5.41, 5.74) is 5.55. The third-order valence-corrected chi connectivity index (χ3v) is 2.68. The smallest absolute Gasteiger partial charge is 0.262 e. The van der Waals surface area contributed by atoms with Crippen molar-refractivity contribution in [1.29, 1.82) is 0 Å². The van der Waals surface area contributed by atoms with Crippen molar-refractivity contribution in [1.82, 2.24) is 9.55 Å². The minimum absolute atomic E-state index is 0.0290. The molecule has 1 unspecified atom stereocenters. The van der Waals surface area contributed by atoms with Gasteiger partial charge in [0.15, 0.2) is 0 Å². The predicted molar refractivity (Wildman–Crippen MR) is 66.3 cm³/mol. The fraction of sp³-hybridized carbons (Fsp3) is 0.273. The number of aromatic hydroxyl groups is 1. The van der Waals surface area contributed by atoms with E-state index in [1.54, 1.807) is 19.1 Å². The summed E-state index contributed by atoms with van der Waals surface area (Å²) in [6.07, 6.45) is 0. The lowest BCUT2D eigenvalue weighted by molar-refractivity contribution is 0.479. The zero-order valence-electron chi connectivity index (χ0n) is 9.22. The molecular formula is C11H12ClN3O2. The average Bonchev–Trinajstić information content (AvgIpc) is 2.26. The molecule has 1 aromatic carbocycles. The van der Waals surface area contributed by atoms with Gasteiger partial charge in [0.1, 0.15) is 11.3 Å². The first-order valence-electron chi connectivity index (χ1n) is 5.14. The van der Waals surface area contributed by atoms with Gasteiger partial charge in [0, 0.05) is 12.6 Å². The molecule has 0 radical (unpaired) electrons. The van der Waals surface area contributed by atoms with Gasteiger partial charge >= 0.3 is 0 Å². The Morgan fingerprint density at radius 3 is 2.94 bits per heavy atom. The van der Waals surface area contributed by atoms with E-state index in [-0.39, 0.29) is 34.7 Å². The van der Waals surface area contributed by atoms with E-state index in [0.29, 0.717) is 5.39 Å². The second kappa shape index (κ2) is 4.35. The minimum Gasteiger partial charge on any atom is -0.506 e. The van der Waals surface area contributed by atoms with Crippen LogP contribution in [-0.2, 0) is 6.54 Å². The molecule has 1 atom stereocenters. The van der Waals surface area contributed by atoms with Crippen LogP contribution in [0.5, 0.6) is 5.75 Å². The molecule has 0 fully saturated rings. The summed E-state index contributed by atoms with van der Waals surface area (Å²) in [4.78, 5) is 16.1. The Bertz CT molecular complexity index is 622. The van der Waals surface area contributed by atoms with Crippen molar-refractivity contribution < 1.29 is 5.11 Å². The highest BCUT2D eigenvalue weighted by molar-refractivity contribution is 6.28. The van der Waals surface area contributed by atoms with Crippen LogP contribution in [0.2, 0.25) is 5.28 Å². The van der Waals surface area contributed by atoms with Crippen molar-refractivity contribution in [3.63, 3.8) is 0 Å². The molecule has 17 heavy (non-hydrogen) atoms. The summed E-state index contributed by atoms with van der Waals surface area (Å²) >= 11 is 5.91. The number of rotatable bonds is 2. The van der Waals surface area contributed by atoms with Gasteiger partial charge in [0.2, 0.25) is 5.28 Å². The molecule has 1 heterocycles. The van der Waals surface area contributed by atoms with Crippen LogP contribution < -0.4 is 11.3 Å². The predicted octanol–water partition coefficient (Wildman–Crippen LogP) is 1.10. The third-order valence-electron chi connectivity index (χ3n) is 2.39. The number of hydrogen-bond donors (Lipinski definition) is 2. The van der Waals surface area contributed by atoms with Gasteiger partial charge in [-0.2, -0.15) is 0 Å². The Balaban J connectivity index is 2.77. The van der Waals surface area contributed by atoms with E-state index in [1.165, 1.54) is 10.6 Å². The highest BCUT2D eigenvalue weighted by Gasteiger charge is 2.12. The second-order valence-electron chi connectivity index (χ2n) is 3.95. The molecular weight excluding hydrogens is 242 g/mol. The topological polar surface area (TPSA) is 81.1 Å². The normalized spacial score (nSPS) is 12.9. The van der Waals surface area contributed by atoms with Crippen LogP contribution in [0.15, 0.2) is 23.0 Å². The summed E-state index contributed by atoms with van der Waals surface area (Å²) < 4.78 is 1.30. The summed E-state index contributed by atoms with van der Waals surface area (Å²) in [7, 11) is 0. The highest BCUT2D eigenvalue weighted by Crippen LogP contribution is 2.21. The van der Waals surface area contributed by atoms with Crippen LogP contribution in [0, 0.1) is 0 Å². The van der Waals surface area contributed by atoms with Crippen LogP contribution in [0.3, 0.4) is 0 Å². The molecule has 0 bridgehead atoms. The van der Waals surface area contributed by atoms with E-state index in [2.05, 4.69) is 4.98 Å². The summed E-state index contributed by atoms with van der Waals surface area (Å²) in [5, 5.41) is 9.96. The van der Waals surface area contributed by atoms with Crippen molar-refractivity contribution in [3.8, 4) is 5.75 Å². The fourth-order valence-corrected chi connectivity index (χ4v) is 1.88.